The number of hydrogen-bond acceptors (Lipinski definition) is 7. The molecule has 120 valence electrons. The van der Waals surface area contributed by atoms with Gasteiger partial charge >= 0.3 is 0 Å². The van der Waals surface area contributed by atoms with Crippen LogP contribution in [0.25, 0.3) is 0 Å². The standard InChI is InChI=1S/C14H13N3O6/c1-23-13-6-5-10(16(19)20)7-11(13)15-8-9-3-2-4-12(14(9)18)17(21)22/h2-7,15,18H,8H2,1H3/p-1. The predicted molar refractivity (Wildman–Crippen MR) is 79.5 cm³/mol. The molecule has 0 aliphatic heterocycles. The van der Waals surface area contributed by atoms with E-state index in [0.717, 1.165) is 6.07 Å². The molecule has 23 heavy (non-hydrogen) atoms. The van der Waals surface area contributed by atoms with Crippen molar-refractivity contribution < 1.29 is 19.7 Å². The molecular weight excluding hydrogens is 306 g/mol. The molecule has 0 saturated heterocycles. The quantitative estimate of drug-likeness (QED) is 0.638. The highest BCUT2D eigenvalue weighted by Gasteiger charge is 2.13. The van der Waals surface area contributed by atoms with E-state index in [4.69, 9.17) is 4.74 Å². The Hall–Kier alpha value is -3.36. The largest absolute Gasteiger partial charge is 0.868 e. The maximum atomic E-state index is 11.9. The van der Waals surface area contributed by atoms with Crippen LogP contribution in [0.15, 0.2) is 36.4 Å². The van der Waals surface area contributed by atoms with Gasteiger partial charge in [-0.05, 0) is 17.4 Å². The van der Waals surface area contributed by atoms with Crippen molar-refractivity contribution in [1.29, 1.82) is 0 Å². The number of para-hydroxylation sites is 1. The molecule has 0 aromatic heterocycles. The Bertz CT molecular complexity index is 762. The maximum absolute atomic E-state index is 11.9. The van der Waals surface area contributed by atoms with Crippen LogP contribution in [0, 0.1) is 20.2 Å². The number of hydrogen-bond donors (Lipinski definition) is 1. The minimum atomic E-state index is -0.750. The van der Waals surface area contributed by atoms with Crippen molar-refractivity contribution in [1.82, 2.24) is 0 Å². The molecule has 9 nitrogen and oxygen atoms in total. The smallest absolute Gasteiger partial charge is 0.271 e. The fourth-order valence-electron chi connectivity index (χ4n) is 1.99. The summed E-state index contributed by atoms with van der Waals surface area (Å²) in [7, 11) is 1.40. The number of anilines is 1. The SMILES string of the molecule is COc1ccc([N+](=O)[O-])cc1NCc1cccc([N+](=O)[O-])c1[O-]. The van der Waals surface area contributed by atoms with Gasteiger partial charge in [-0.1, -0.05) is 12.1 Å². The molecule has 0 amide bonds. The number of nitro groups is 2. The lowest BCUT2D eigenvalue weighted by molar-refractivity contribution is -0.398. The molecule has 0 aliphatic rings. The van der Waals surface area contributed by atoms with Crippen molar-refractivity contribution >= 4 is 17.1 Å². The molecule has 9 heteroatoms. The predicted octanol–water partition coefficient (Wildman–Crippen LogP) is 2.20. The molecule has 0 radical (unpaired) electrons. The Kier molecular flexibility index (Phi) is 4.60. The van der Waals surface area contributed by atoms with Crippen LogP contribution in [-0.4, -0.2) is 17.0 Å². The molecule has 0 bridgehead atoms. The van der Waals surface area contributed by atoms with E-state index in [2.05, 4.69) is 5.32 Å². The number of non-ortho nitro benzene ring substituents is 1. The van der Waals surface area contributed by atoms with Crippen LogP contribution in [0.4, 0.5) is 17.1 Å². The number of nitro benzene ring substituents is 2. The topological polar surface area (TPSA) is 131 Å². The van der Waals surface area contributed by atoms with Gasteiger partial charge in [0.15, 0.2) is 0 Å². The lowest BCUT2D eigenvalue weighted by Crippen LogP contribution is -2.07. The van der Waals surface area contributed by atoms with Gasteiger partial charge in [0.2, 0.25) is 0 Å². The third-order valence-corrected chi connectivity index (χ3v) is 3.14. The summed E-state index contributed by atoms with van der Waals surface area (Å²) in [5.74, 6) is -0.345. The number of nitrogens with zero attached hydrogens (tertiary/aromatic N) is 2. The first-order chi connectivity index (χ1) is 10.9. The Morgan fingerprint density at radius 3 is 2.48 bits per heavy atom. The lowest BCUT2D eigenvalue weighted by Gasteiger charge is -2.16. The molecule has 0 unspecified atom stereocenters. The van der Waals surface area contributed by atoms with Crippen molar-refractivity contribution in [3.05, 3.63) is 62.2 Å². The van der Waals surface area contributed by atoms with E-state index in [9.17, 15) is 25.3 Å². The Balaban J connectivity index is 2.27. The first kappa shape index (κ1) is 16.0. The minimum absolute atomic E-state index is 0.0297. The first-order valence-corrected chi connectivity index (χ1v) is 6.43. The Morgan fingerprint density at radius 1 is 1.13 bits per heavy atom. The van der Waals surface area contributed by atoms with E-state index in [1.165, 1.54) is 37.4 Å². The number of ether oxygens (including phenoxy) is 1. The second-order valence-electron chi connectivity index (χ2n) is 4.52. The van der Waals surface area contributed by atoms with E-state index < -0.39 is 21.3 Å². The average Bonchev–Trinajstić information content (AvgIpc) is 2.53. The highest BCUT2D eigenvalue weighted by atomic mass is 16.6. The molecule has 0 fully saturated rings. The summed E-state index contributed by atoms with van der Waals surface area (Å²) in [5, 5.41) is 36.3. The van der Waals surface area contributed by atoms with Crippen LogP contribution in [0.5, 0.6) is 11.5 Å². The van der Waals surface area contributed by atoms with Crippen LogP contribution in [0.2, 0.25) is 0 Å². The molecule has 0 spiro atoms. The molecule has 0 atom stereocenters. The fraction of sp³-hybridized carbons (Fsp3) is 0.143. The van der Waals surface area contributed by atoms with Gasteiger partial charge in [0.25, 0.3) is 11.4 Å². The summed E-state index contributed by atoms with van der Waals surface area (Å²) in [6.45, 7) is -0.0297. The number of methoxy groups -OCH3 is 1. The summed E-state index contributed by atoms with van der Waals surface area (Å²) >= 11 is 0. The van der Waals surface area contributed by atoms with Crippen LogP contribution in [0.1, 0.15) is 5.56 Å². The molecule has 1 N–H and O–H groups in total. The van der Waals surface area contributed by atoms with Gasteiger partial charge in [0, 0.05) is 24.7 Å². The highest BCUT2D eigenvalue weighted by molar-refractivity contribution is 5.62. The van der Waals surface area contributed by atoms with Gasteiger partial charge in [0.05, 0.1) is 22.6 Å². The summed E-state index contributed by atoms with van der Waals surface area (Å²) in [6.07, 6.45) is 0. The van der Waals surface area contributed by atoms with E-state index in [1.807, 2.05) is 0 Å². The van der Waals surface area contributed by atoms with Crippen molar-refractivity contribution in [2.24, 2.45) is 0 Å². The molecule has 0 heterocycles. The van der Waals surface area contributed by atoms with E-state index in [0.29, 0.717) is 11.4 Å². The number of nitrogens with one attached hydrogen (secondary N) is 1. The minimum Gasteiger partial charge on any atom is -0.868 e. The lowest BCUT2D eigenvalue weighted by atomic mass is 10.1. The Morgan fingerprint density at radius 2 is 1.87 bits per heavy atom. The highest BCUT2D eigenvalue weighted by Crippen LogP contribution is 2.31. The second-order valence-corrected chi connectivity index (χ2v) is 4.52. The fourth-order valence-corrected chi connectivity index (χ4v) is 1.99. The first-order valence-electron chi connectivity index (χ1n) is 6.43. The van der Waals surface area contributed by atoms with E-state index in [-0.39, 0.29) is 17.8 Å². The molecule has 2 aromatic carbocycles. The van der Waals surface area contributed by atoms with Gasteiger partial charge in [-0.2, -0.15) is 0 Å². The van der Waals surface area contributed by atoms with Gasteiger partial charge < -0.3 is 15.2 Å². The Labute approximate surface area is 130 Å². The number of benzene rings is 2. The van der Waals surface area contributed by atoms with Crippen LogP contribution >= 0.6 is 0 Å². The van der Waals surface area contributed by atoms with Crippen LogP contribution in [0.3, 0.4) is 0 Å². The normalized spacial score (nSPS) is 10.1. The van der Waals surface area contributed by atoms with Crippen molar-refractivity contribution in [3.8, 4) is 11.5 Å². The van der Waals surface area contributed by atoms with Crippen molar-refractivity contribution in [3.63, 3.8) is 0 Å². The summed E-state index contributed by atoms with van der Waals surface area (Å²) in [5.41, 5.74) is -0.176. The zero-order valence-corrected chi connectivity index (χ0v) is 12.0. The molecular formula is C14H12N3O6-. The zero-order chi connectivity index (χ0) is 17.0. The zero-order valence-electron chi connectivity index (χ0n) is 12.0. The second kappa shape index (κ2) is 6.60. The maximum Gasteiger partial charge on any atom is 0.271 e. The summed E-state index contributed by atoms with van der Waals surface area (Å²) < 4.78 is 5.09. The number of rotatable bonds is 6. The van der Waals surface area contributed by atoms with Crippen LogP contribution < -0.4 is 15.2 Å². The van der Waals surface area contributed by atoms with Crippen molar-refractivity contribution in [2.45, 2.75) is 6.54 Å². The molecule has 2 aromatic rings. The third kappa shape index (κ3) is 3.46. The van der Waals surface area contributed by atoms with Gasteiger partial charge in [-0.15, -0.1) is 0 Å². The summed E-state index contributed by atoms with van der Waals surface area (Å²) in [4.78, 5) is 20.3. The van der Waals surface area contributed by atoms with E-state index >= 15 is 0 Å². The molecule has 0 aliphatic carbocycles. The van der Waals surface area contributed by atoms with Gasteiger partial charge in [0.1, 0.15) is 5.75 Å². The van der Waals surface area contributed by atoms with E-state index in [1.54, 1.807) is 0 Å². The van der Waals surface area contributed by atoms with Gasteiger partial charge in [-0.3, -0.25) is 20.2 Å². The monoisotopic (exact) mass is 318 g/mol. The summed E-state index contributed by atoms with van der Waals surface area (Å²) in [6, 6.07) is 7.95. The van der Waals surface area contributed by atoms with Crippen molar-refractivity contribution in [2.75, 3.05) is 12.4 Å². The molecule has 2 rings (SSSR count). The third-order valence-electron chi connectivity index (χ3n) is 3.14. The molecule has 0 saturated carbocycles. The van der Waals surface area contributed by atoms with Gasteiger partial charge in [-0.25, -0.2) is 0 Å². The van der Waals surface area contributed by atoms with Crippen LogP contribution in [-0.2, 0) is 6.54 Å². The average molecular weight is 318 g/mol.